The summed E-state index contributed by atoms with van der Waals surface area (Å²) in [5.74, 6) is -1.04. The molecule has 0 N–H and O–H groups in total. The van der Waals surface area contributed by atoms with Crippen molar-refractivity contribution in [1.29, 1.82) is 0 Å². The molecule has 3 aromatic carbocycles. The summed E-state index contributed by atoms with van der Waals surface area (Å²) in [6, 6.07) is 10.5. The first-order chi connectivity index (χ1) is 21.5. The van der Waals surface area contributed by atoms with Crippen molar-refractivity contribution < 1.29 is 52.7 Å². The number of likely N-dealkylation sites (tertiary alicyclic amines) is 1. The van der Waals surface area contributed by atoms with E-state index in [1.807, 2.05) is 4.90 Å². The van der Waals surface area contributed by atoms with Gasteiger partial charge in [-0.15, -0.1) is 0 Å². The van der Waals surface area contributed by atoms with E-state index in [9.17, 15) is 43.2 Å². The molecule has 3 aliphatic rings. The van der Waals surface area contributed by atoms with Crippen LogP contribution in [0.3, 0.4) is 0 Å². The van der Waals surface area contributed by atoms with E-state index < -0.39 is 60.8 Å². The van der Waals surface area contributed by atoms with Crippen LogP contribution < -0.4 is 13.8 Å². The molecule has 0 aliphatic carbocycles. The molecule has 6 rings (SSSR count). The molecule has 1 atom stereocenters. The Hall–Kier alpha value is -3.50. The van der Waals surface area contributed by atoms with Gasteiger partial charge in [-0.25, -0.2) is 21.2 Å². The Morgan fingerprint density at radius 1 is 0.978 bits per heavy atom. The van der Waals surface area contributed by atoms with E-state index in [0.717, 1.165) is 40.7 Å². The number of nitrogens with zero attached hydrogens (tertiary/aromatic N) is 2. The Morgan fingerprint density at radius 2 is 1.70 bits per heavy atom. The fourth-order valence-electron chi connectivity index (χ4n) is 6.28. The van der Waals surface area contributed by atoms with Crippen LogP contribution in [0.15, 0.2) is 65.6 Å². The molecule has 3 aromatic rings. The highest BCUT2D eigenvalue weighted by atomic mass is 32.2. The molecule has 1 spiro atoms. The zero-order valence-corrected chi connectivity index (χ0v) is 25.6. The molecule has 0 radical (unpaired) electrons. The third-order valence-electron chi connectivity index (χ3n) is 8.54. The molecular weight excluding hydrogens is 662 g/mol. The minimum atomic E-state index is -4.80. The second kappa shape index (κ2) is 11.6. The summed E-state index contributed by atoms with van der Waals surface area (Å²) < 4.78 is 144. The van der Waals surface area contributed by atoms with E-state index >= 15 is 0 Å². The summed E-state index contributed by atoms with van der Waals surface area (Å²) in [4.78, 5) is 1.41. The molecule has 2 fully saturated rings. The van der Waals surface area contributed by atoms with Crippen molar-refractivity contribution in [1.82, 2.24) is 4.90 Å². The van der Waals surface area contributed by atoms with Gasteiger partial charge in [-0.05, 0) is 71.8 Å². The minimum Gasteiger partial charge on any atom is -0.485 e. The number of rotatable bonds is 7. The number of hydrogen-bond donors (Lipinski definition) is 0. The summed E-state index contributed by atoms with van der Waals surface area (Å²) in [5.41, 5.74) is -1.05. The van der Waals surface area contributed by atoms with Crippen molar-refractivity contribution in [3.05, 3.63) is 72.0 Å². The van der Waals surface area contributed by atoms with Gasteiger partial charge in [0.15, 0.2) is 0 Å². The molecular formula is C30H28F6N2O6S2. The van der Waals surface area contributed by atoms with Gasteiger partial charge < -0.3 is 9.47 Å². The normalized spacial score (nSPS) is 21.0. The maximum absolute atomic E-state index is 14.3. The average Bonchev–Trinajstić information content (AvgIpc) is 2.95. The number of alkyl halides is 5. The number of sulfone groups is 1. The highest BCUT2D eigenvalue weighted by Crippen LogP contribution is 2.44. The first-order valence-corrected chi connectivity index (χ1v) is 17.5. The van der Waals surface area contributed by atoms with E-state index in [1.165, 1.54) is 18.2 Å². The maximum atomic E-state index is 14.3. The molecule has 0 aromatic heterocycles. The van der Waals surface area contributed by atoms with Gasteiger partial charge in [0.25, 0.3) is 10.0 Å². The number of anilines is 1. The lowest BCUT2D eigenvalue weighted by Crippen LogP contribution is -2.62. The third kappa shape index (κ3) is 6.65. The van der Waals surface area contributed by atoms with E-state index in [1.54, 1.807) is 0 Å². The Morgan fingerprint density at radius 3 is 2.37 bits per heavy atom. The van der Waals surface area contributed by atoms with E-state index in [0.29, 0.717) is 32.0 Å². The predicted octanol–water partition coefficient (Wildman–Crippen LogP) is 5.58. The molecule has 3 aliphatic heterocycles. The van der Waals surface area contributed by atoms with Crippen LogP contribution in [0.5, 0.6) is 11.5 Å². The van der Waals surface area contributed by atoms with Crippen molar-refractivity contribution in [3.63, 3.8) is 0 Å². The maximum Gasteiger partial charge on any atom is 0.416 e. The number of hydrogen-bond acceptors (Lipinski definition) is 7. The van der Waals surface area contributed by atoms with Crippen LogP contribution in [-0.4, -0.2) is 72.1 Å². The second-order valence-electron chi connectivity index (χ2n) is 11.9. The van der Waals surface area contributed by atoms with Crippen LogP contribution in [0, 0.1) is 11.2 Å². The van der Waals surface area contributed by atoms with Crippen LogP contribution >= 0.6 is 0 Å². The van der Waals surface area contributed by atoms with Gasteiger partial charge >= 0.3 is 12.8 Å². The molecule has 0 unspecified atom stereocenters. The van der Waals surface area contributed by atoms with E-state index in [-0.39, 0.29) is 52.6 Å². The van der Waals surface area contributed by atoms with Gasteiger partial charge in [-0.2, -0.15) is 22.0 Å². The largest absolute Gasteiger partial charge is 0.485 e. The Bertz CT molecular complexity index is 1850. The second-order valence-corrected chi connectivity index (χ2v) is 16.0. The molecule has 2 saturated heterocycles. The van der Waals surface area contributed by atoms with Crippen molar-refractivity contribution in [2.24, 2.45) is 5.41 Å². The SMILES string of the molecule is O=S1(=O)CCC2(CC1)CN(C[C@H]1CN(S(=O)(=O)c3cccc(C(F)(F)F)c3)c3cc(-c4cc(F)cc(OC(F)F)c4)ccc3O1)C2. The summed E-state index contributed by atoms with van der Waals surface area (Å²) in [7, 11) is -7.67. The number of benzene rings is 3. The lowest BCUT2D eigenvalue weighted by Gasteiger charge is -2.53. The van der Waals surface area contributed by atoms with Crippen molar-refractivity contribution in [2.75, 3.05) is 42.0 Å². The molecule has 8 nitrogen and oxygen atoms in total. The Labute approximate surface area is 261 Å². The lowest BCUT2D eigenvalue weighted by molar-refractivity contribution is -0.137. The zero-order valence-electron chi connectivity index (χ0n) is 24.0. The Kier molecular flexibility index (Phi) is 8.20. The van der Waals surface area contributed by atoms with Gasteiger partial charge in [0, 0.05) is 25.7 Å². The topological polar surface area (TPSA) is 93.2 Å². The minimum absolute atomic E-state index is 0.0377. The van der Waals surface area contributed by atoms with Crippen LogP contribution in [0.1, 0.15) is 18.4 Å². The van der Waals surface area contributed by atoms with E-state index in [4.69, 9.17) is 4.74 Å². The first-order valence-electron chi connectivity index (χ1n) is 14.2. The van der Waals surface area contributed by atoms with Crippen molar-refractivity contribution in [3.8, 4) is 22.6 Å². The summed E-state index contributed by atoms with van der Waals surface area (Å²) in [6.45, 7) is -2.05. The zero-order chi connectivity index (χ0) is 33.1. The molecule has 3 heterocycles. The fraction of sp³-hybridized carbons (Fsp3) is 0.400. The van der Waals surface area contributed by atoms with Gasteiger partial charge in [0.1, 0.15) is 33.3 Å². The van der Waals surface area contributed by atoms with E-state index in [2.05, 4.69) is 4.74 Å². The highest BCUT2D eigenvalue weighted by Gasteiger charge is 2.47. The average molecular weight is 691 g/mol. The highest BCUT2D eigenvalue weighted by molar-refractivity contribution is 7.93. The number of halogens is 6. The number of fused-ring (bicyclic) bond motifs is 1. The van der Waals surface area contributed by atoms with Crippen molar-refractivity contribution in [2.45, 2.75) is 36.6 Å². The van der Waals surface area contributed by atoms with Gasteiger partial charge in [-0.1, -0.05) is 12.1 Å². The Balaban J connectivity index is 1.33. The summed E-state index contributed by atoms with van der Waals surface area (Å²) >= 11 is 0. The van der Waals surface area contributed by atoms with Gasteiger partial charge in [0.05, 0.1) is 34.2 Å². The molecule has 0 bridgehead atoms. The molecule has 0 amide bonds. The number of sulfonamides is 1. The molecule has 46 heavy (non-hydrogen) atoms. The standard InChI is InChI=1S/C30H28F6N2O6S2/c31-22-10-20(11-23(14-22)44-28(32)33)19-4-5-27-26(12-19)38(46(41,42)25-3-1-2-21(13-25)30(34,35)36)16-24(43-27)15-37-17-29(18-37)6-8-45(39,40)9-7-29/h1-5,10-14,24,28H,6-9,15-18H2/t24-/m0/s1. The van der Waals surface area contributed by atoms with Crippen LogP contribution in [0.4, 0.5) is 32.0 Å². The molecule has 248 valence electrons. The monoisotopic (exact) mass is 690 g/mol. The van der Waals surface area contributed by atoms with Gasteiger partial charge in [0.2, 0.25) is 0 Å². The predicted molar refractivity (Wildman–Crippen MR) is 156 cm³/mol. The summed E-state index contributed by atoms with van der Waals surface area (Å²) in [6.07, 6.45) is -4.48. The molecule has 16 heteroatoms. The van der Waals surface area contributed by atoms with Gasteiger partial charge in [-0.3, -0.25) is 9.21 Å². The van der Waals surface area contributed by atoms with Crippen LogP contribution in [0.2, 0.25) is 0 Å². The first kappa shape index (κ1) is 32.4. The van der Waals surface area contributed by atoms with Crippen molar-refractivity contribution >= 4 is 25.5 Å². The lowest BCUT2D eigenvalue weighted by atomic mass is 9.74. The van der Waals surface area contributed by atoms with Crippen LogP contribution in [0.25, 0.3) is 11.1 Å². The smallest absolute Gasteiger partial charge is 0.416 e. The fourth-order valence-corrected chi connectivity index (χ4v) is 9.52. The quantitative estimate of drug-likeness (QED) is 0.299. The number of ether oxygens (including phenoxy) is 2. The van der Waals surface area contributed by atoms with Crippen LogP contribution in [-0.2, 0) is 26.0 Å². The third-order valence-corrected chi connectivity index (χ3v) is 12.0. The molecule has 0 saturated carbocycles. The summed E-state index contributed by atoms with van der Waals surface area (Å²) in [5, 5.41) is 0.